The molecule has 1 aromatic rings. The Hall–Kier alpha value is -0.146. The van der Waals surface area contributed by atoms with E-state index in [1.165, 1.54) is 0 Å². The summed E-state index contributed by atoms with van der Waals surface area (Å²) < 4.78 is 0. The molecule has 1 rings (SSSR count). The van der Waals surface area contributed by atoms with Gasteiger partial charge in [0.25, 0.3) is 0 Å². The van der Waals surface area contributed by atoms with Crippen LogP contribution in [-0.2, 0) is 33.2 Å². The third-order valence-electron chi connectivity index (χ3n) is 1.07. The Morgan fingerprint density at radius 2 is 1.80 bits per heavy atom. The SMILES string of the molecule is OOCc1ccccc1.[Ti]. The van der Waals surface area contributed by atoms with Gasteiger partial charge in [-0.1, -0.05) is 30.3 Å². The standard InChI is InChI=1S/C7H8O2.Ti/c8-9-6-7-4-2-1-3-5-7;/h1-5,8H,6H2;. The van der Waals surface area contributed by atoms with Gasteiger partial charge in [-0.05, 0) is 5.56 Å². The average Bonchev–Trinajstić information content (AvgIpc) is 1.91. The summed E-state index contributed by atoms with van der Waals surface area (Å²) in [6.07, 6.45) is 0. The van der Waals surface area contributed by atoms with Crippen molar-refractivity contribution in [2.75, 3.05) is 0 Å². The molecule has 1 N–H and O–H groups in total. The first-order chi connectivity index (χ1) is 4.43. The molecule has 3 heteroatoms. The molecule has 0 aliphatic rings. The monoisotopic (exact) mass is 172 g/mol. The molecule has 0 aromatic heterocycles. The van der Waals surface area contributed by atoms with Gasteiger partial charge in [0.2, 0.25) is 0 Å². The van der Waals surface area contributed by atoms with Crippen molar-refractivity contribution in [2.24, 2.45) is 0 Å². The van der Waals surface area contributed by atoms with E-state index in [1.807, 2.05) is 30.3 Å². The van der Waals surface area contributed by atoms with Crippen molar-refractivity contribution in [2.45, 2.75) is 6.61 Å². The Bertz CT molecular complexity index is 165. The van der Waals surface area contributed by atoms with Gasteiger partial charge in [0.15, 0.2) is 0 Å². The van der Waals surface area contributed by atoms with Crippen LogP contribution in [0.4, 0.5) is 0 Å². The predicted octanol–water partition coefficient (Wildman–Crippen LogP) is 1.67. The minimum atomic E-state index is 0. The fourth-order valence-electron chi connectivity index (χ4n) is 0.649. The zero-order valence-electron chi connectivity index (χ0n) is 5.45. The first-order valence-corrected chi connectivity index (χ1v) is 2.74. The summed E-state index contributed by atoms with van der Waals surface area (Å²) in [7, 11) is 0. The fourth-order valence-corrected chi connectivity index (χ4v) is 0.649. The molecule has 0 amide bonds. The van der Waals surface area contributed by atoms with Crippen LogP contribution in [0.1, 0.15) is 5.56 Å². The van der Waals surface area contributed by atoms with Crippen molar-refractivity contribution in [3.8, 4) is 0 Å². The minimum absolute atomic E-state index is 0. The molecule has 10 heavy (non-hydrogen) atoms. The molecular weight excluding hydrogens is 164 g/mol. The van der Waals surface area contributed by atoms with Crippen molar-refractivity contribution in [1.29, 1.82) is 0 Å². The molecule has 0 atom stereocenters. The second kappa shape index (κ2) is 5.62. The smallest absolute Gasteiger partial charge is 0.107 e. The van der Waals surface area contributed by atoms with Crippen molar-refractivity contribution in [1.82, 2.24) is 0 Å². The van der Waals surface area contributed by atoms with Gasteiger partial charge in [0.1, 0.15) is 6.61 Å². The number of rotatable bonds is 2. The van der Waals surface area contributed by atoms with E-state index in [4.69, 9.17) is 5.26 Å². The summed E-state index contributed by atoms with van der Waals surface area (Å²) in [6.45, 7) is 0.265. The Labute approximate surface area is 74.6 Å². The van der Waals surface area contributed by atoms with E-state index < -0.39 is 0 Å². The summed E-state index contributed by atoms with van der Waals surface area (Å²) >= 11 is 0. The third-order valence-corrected chi connectivity index (χ3v) is 1.07. The van der Waals surface area contributed by atoms with Gasteiger partial charge in [-0.3, -0.25) is 5.26 Å². The van der Waals surface area contributed by atoms with Gasteiger partial charge in [-0.25, -0.2) is 4.89 Å². The number of hydrogen-bond donors (Lipinski definition) is 1. The first-order valence-electron chi connectivity index (χ1n) is 2.74. The second-order valence-corrected chi connectivity index (χ2v) is 1.76. The van der Waals surface area contributed by atoms with Crippen LogP contribution in [0.3, 0.4) is 0 Å². The average molecular weight is 172 g/mol. The maximum Gasteiger partial charge on any atom is 0.107 e. The van der Waals surface area contributed by atoms with Crippen LogP contribution < -0.4 is 0 Å². The summed E-state index contributed by atoms with van der Waals surface area (Å²) in [5.74, 6) is 0. The molecule has 0 saturated carbocycles. The molecule has 0 fully saturated rings. The van der Waals surface area contributed by atoms with Crippen LogP contribution in [0.5, 0.6) is 0 Å². The van der Waals surface area contributed by atoms with E-state index in [1.54, 1.807) is 0 Å². The summed E-state index contributed by atoms with van der Waals surface area (Å²) in [6, 6.07) is 9.48. The van der Waals surface area contributed by atoms with Gasteiger partial charge < -0.3 is 0 Å². The van der Waals surface area contributed by atoms with Crippen LogP contribution >= 0.6 is 0 Å². The molecular formula is C7H8O2Ti. The Balaban J connectivity index is 0.000000810. The van der Waals surface area contributed by atoms with E-state index in [2.05, 4.69) is 4.89 Å². The summed E-state index contributed by atoms with van der Waals surface area (Å²) in [4.78, 5) is 3.93. The summed E-state index contributed by atoms with van der Waals surface area (Å²) in [5, 5.41) is 8.02. The normalized spacial score (nSPS) is 8.50. The van der Waals surface area contributed by atoms with Crippen molar-refractivity contribution >= 4 is 0 Å². The quantitative estimate of drug-likeness (QED) is 0.417. The molecule has 0 aliphatic carbocycles. The zero-order chi connectivity index (χ0) is 6.53. The fraction of sp³-hybridized carbons (Fsp3) is 0.143. The van der Waals surface area contributed by atoms with Crippen molar-refractivity contribution in [3.05, 3.63) is 35.9 Å². The molecule has 1 aromatic carbocycles. The Kier molecular flexibility index (Phi) is 5.54. The largest absolute Gasteiger partial charge is 0.251 e. The van der Waals surface area contributed by atoms with Gasteiger partial charge >= 0.3 is 0 Å². The van der Waals surface area contributed by atoms with Gasteiger partial charge in [0.05, 0.1) is 0 Å². The molecule has 0 heterocycles. The van der Waals surface area contributed by atoms with Crippen LogP contribution in [0.25, 0.3) is 0 Å². The van der Waals surface area contributed by atoms with E-state index in [9.17, 15) is 0 Å². The van der Waals surface area contributed by atoms with Crippen molar-refractivity contribution < 1.29 is 31.9 Å². The van der Waals surface area contributed by atoms with Gasteiger partial charge in [-0.2, -0.15) is 0 Å². The molecule has 0 unspecified atom stereocenters. The third kappa shape index (κ3) is 3.13. The van der Waals surface area contributed by atoms with Crippen LogP contribution in [-0.4, -0.2) is 5.26 Å². The van der Waals surface area contributed by atoms with E-state index in [0.29, 0.717) is 0 Å². The zero-order valence-corrected chi connectivity index (χ0v) is 7.01. The summed E-state index contributed by atoms with van der Waals surface area (Å²) in [5.41, 5.74) is 0.972. The van der Waals surface area contributed by atoms with Gasteiger partial charge in [-0.15, -0.1) is 0 Å². The maximum atomic E-state index is 8.02. The minimum Gasteiger partial charge on any atom is -0.251 e. The van der Waals surface area contributed by atoms with E-state index >= 15 is 0 Å². The molecule has 0 aliphatic heterocycles. The Morgan fingerprint density at radius 3 is 2.30 bits per heavy atom. The first kappa shape index (κ1) is 9.85. The molecule has 0 spiro atoms. The van der Waals surface area contributed by atoms with Crippen LogP contribution in [0.15, 0.2) is 30.3 Å². The number of hydrogen-bond acceptors (Lipinski definition) is 2. The topological polar surface area (TPSA) is 29.5 Å². The van der Waals surface area contributed by atoms with E-state index in [-0.39, 0.29) is 28.3 Å². The predicted molar refractivity (Wildman–Crippen MR) is 33.9 cm³/mol. The number of benzene rings is 1. The molecule has 0 bridgehead atoms. The van der Waals surface area contributed by atoms with Crippen molar-refractivity contribution in [3.63, 3.8) is 0 Å². The van der Waals surface area contributed by atoms with Crippen LogP contribution in [0, 0.1) is 0 Å². The molecule has 2 nitrogen and oxygen atoms in total. The Morgan fingerprint density at radius 1 is 1.20 bits per heavy atom. The van der Waals surface area contributed by atoms with Crippen LogP contribution in [0.2, 0.25) is 0 Å². The maximum absolute atomic E-state index is 8.02. The van der Waals surface area contributed by atoms with Gasteiger partial charge in [0, 0.05) is 21.7 Å². The molecule has 0 radical (unpaired) electrons. The molecule has 52 valence electrons. The van der Waals surface area contributed by atoms with E-state index in [0.717, 1.165) is 5.56 Å². The second-order valence-electron chi connectivity index (χ2n) is 1.76. The molecule has 0 saturated heterocycles.